The first kappa shape index (κ1) is 16.8. The Morgan fingerprint density at radius 1 is 1.50 bits per heavy atom. The van der Waals surface area contributed by atoms with Gasteiger partial charge in [0, 0.05) is 44.0 Å². The number of urea groups is 1. The number of nitrogens with zero attached hydrogens (tertiary/aromatic N) is 3. The average Bonchev–Trinajstić information content (AvgIpc) is 2.85. The van der Waals surface area contributed by atoms with Crippen LogP contribution < -0.4 is 5.32 Å². The summed E-state index contributed by atoms with van der Waals surface area (Å²) in [5, 5.41) is 2.99. The van der Waals surface area contributed by atoms with E-state index >= 15 is 0 Å². The van der Waals surface area contributed by atoms with Gasteiger partial charge in [0.1, 0.15) is 5.82 Å². The summed E-state index contributed by atoms with van der Waals surface area (Å²) in [6, 6.07) is 0.528. The minimum Gasteiger partial charge on any atom is -0.338 e. The minimum absolute atomic E-state index is 0.0925. The Morgan fingerprint density at radius 2 is 2.27 bits per heavy atom. The average molecular weight is 306 g/mol. The third kappa shape index (κ3) is 4.02. The Morgan fingerprint density at radius 3 is 2.95 bits per heavy atom. The van der Waals surface area contributed by atoms with Crippen molar-refractivity contribution in [2.24, 2.45) is 5.92 Å². The number of carbonyl (C=O) groups excluding carboxylic acids is 1. The van der Waals surface area contributed by atoms with Gasteiger partial charge in [0.05, 0.1) is 0 Å². The van der Waals surface area contributed by atoms with E-state index in [9.17, 15) is 4.79 Å². The summed E-state index contributed by atoms with van der Waals surface area (Å²) in [7, 11) is 0. The van der Waals surface area contributed by atoms with Gasteiger partial charge in [0.25, 0.3) is 0 Å². The maximum Gasteiger partial charge on any atom is 0.317 e. The molecule has 1 aliphatic rings. The first-order valence-corrected chi connectivity index (χ1v) is 8.58. The van der Waals surface area contributed by atoms with Gasteiger partial charge in [-0.25, -0.2) is 9.78 Å². The van der Waals surface area contributed by atoms with Gasteiger partial charge in [0.15, 0.2) is 0 Å². The zero-order chi connectivity index (χ0) is 16.1. The molecule has 1 fully saturated rings. The van der Waals surface area contributed by atoms with E-state index in [2.05, 4.69) is 42.6 Å². The molecule has 5 nitrogen and oxygen atoms in total. The quantitative estimate of drug-likeness (QED) is 0.908. The first-order valence-electron chi connectivity index (χ1n) is 8.58. The highest BCUT2D eigenvalue weighted by atomic mass is 16.2. The highest BCUT2D eigenvalue weighted by Crippen LogP contribution is 2.22. The largest absolute Gasteiger partial charge is 0.338 e. The van der Waals surface area contributed by atoms with Crippen LogP contribution >= 0.6 is 0 Å². The van der Waals surface area contributed by atoms with Gasteiger partial charge in [0.2, 0.25) is 0 Å². The Kier molecular flexibility index (Phi) is 5.86. The zero-order valence-electron chi connectivity index (χ0n) is 14.4. The Hall–Kier alpha value is -1.52. The van der Waals surface area contributed by atoms with Crippen LogP contribution in [0.3, 0.4) is 0 Å². The Balaban J connectivity index is 1.97. The maximum absolute atomic E-state index is 12.1. The van der Waals surface area contributed by atoms with Crippen LogP contribution in [0.25, 0.3) is 0 Å². The van der Waals surface area contributed by atoms with Crippen LogP contribution in [0.5, 0.6) is 0 Å². The number of nitrogens with one attached hydrogen (secondary N) is 1. The second kappa shape index (κ2) is 7.65. The van der Waals surface area contributed by atoms with Gasteiger partial charge >= 0.3 is 6.03 Å². The van der Waals surface area contributed by atoms with E-state index < -0.39 is 0 Å². The van der Waals surface area contributed by atoms with Gasteiger partial charge in [-0.1, -0.05) is 6.92 Å². The fourth-order valence-electron chi connectivity index (χ4n) is 3.37. The van der Waals surface area contributed by atoms with Gasteiger partial charge < -0.3 is 14.8 Å². The number of carbonyl (C=O) groups is 1. The molecule has 0 radical (unpaired) electrons. The van der Waals surface area contributed by atoms with Crippen molar-refractivity contribution in [1.82, 2.24) is 19.8 Å². The van der Waals surface area contributed by atoms with Crippen molar-refractivity contribution in [3.8, 4) is 0 Å². The monoisotopic (exact) mass is 306 g/mol. The molecule has 2 heterocycles. The summed E-state index contributed by atoms with van der Waals surface area (Å²) >= 11 is 0. The normalized spacial score (nSPS) is 18.8. The number of amides is 2. The van der Waals surface area contributed by atoms with E-state index in [4.69, 9.17) is 0 Å². The zero-order valence-corrected chi connectivity index (χ0v) is 14.4. The molecule has 1 atom stereocenters. The molecule has 5 heteroatoms. The summed E-state index contributed by atoms with van der Waals surface area (Å²) in [6.45, 7) is 11.1. The van der Waals surface area contributed by atoms with Crippen molar-refractivity contribution in [2.45, 2.75) is 59.4 Å². The van der Waals surface area contributed by atoms with Crippen molar-refractivity contribution in [1.29, 1.82) is 0 Å². The molecule has 2 amide bonds. The standard InChI is InChI=1S/C17H30N4O/c1-5-8-18-17(22)20-9-6-7-15(12-20)10-16-19-11-14(4)21(16)13(2)3/h11,13,15H,5-10,12H2,1-4H3,(H,18,22). The van der Waals surface area contributed by atoms with E-state index in [1.807, 2.05) is 11.1 Å². The molecule has 1 aromatic rings. The molecule has 1 unspecified atom stereocenters. The summed E-state index contributed by atoms with van der Waals surface area (Å²) in [4.78, 5) is 18.7. The van der Waals surface area contributed by atoms with E-state index in [-0.39, 0.29) is 6.03 Å². The molecule has 124 valence electrons. The molecule has 2 rings (SSSR count). The third-order valence-electron chi connectivity index (χ3n) is 4.38. The fourth-order valence-corrected chi connectivity index (χ4v) is 3.37. The summed E-state index contributed by atoms with van der Waals surface area (Å²) in [5.41, 5.74) is 1.22. The van der Waals surface area contributed by atoms with E-state index in [0.29, 0.717) is 12.0 Å². The van der Waals surface area contributed by atoms with Crippen LogP contribution in [0.2, 0.25) is 0 Å². The van der Waals surface area contributed by atoms with Crippen molar-refractivity contribution in [3.05, 3.63) is 17.7 Å². The van der Waals surface area contributed by atoms with Gasteiger partial charge in [-0.2, -0.15) is 0 Å². The number of piperidine rings is 1. The van der Waals surface area contributed by atoms with Gasteiger partial charge in [-0.3, -0.25) is 0 Å². The maximum atomic E-state index is 12.1. The van der Waals surface area contributed by atoms with Gasteiger partial charge in [-0.05, 0) is 46.0 Å². The molecule has 0 bridgehead atoms. The van der Waals surface area contributed by atoms with E-state index in [1.165, 1.54) is 12.1 Å². The van der Waals surface area contributed by atoms with Crippen LogP contribution in [0.4, 0.5) is 4.79 Å². The van der Waals surface area contributed by atoms with Crippen molar-refractivity contribution in [3.63, 3.8) is 0 Å². The van der Waals surface area contributed by atoms with Crippen molar-refractivity contribution < 1.29 is 4.79 Å². The lowest BCUT2D eigenvalue weighted by Gasteiger charge is -2.33. The second-order valence-electron chi connectivity index (χ2n) is 6.67. The number of aromatic nitrogens is 2. The summed E-state index contributed by atoms with van der Waals surface area (Å²) in [5.74, 6) is 1.67. The molecular weight excluding hydrogens is 276 g/mol. The predicted octanol–water partition coefficient (Wildman–Crippen LogP) is 3.15. The number of aryl methyl sites for hydroxylation is 1. The molecule has 0 spiro atoms. The lowest BCUT2D eigenvalue weighted by molar-refractivity contribution is 0.164. The lowest BCUT2D eigenvalue weighted by atomic mass is 9.94. The Bertz CT molecular complexity index is 495. The predicted molar refractivity (Wildman–Crippen MR) is 89.0 cm³/mol. The number of rotatable bonds is 5. The SMILES string of the molecule is CCCNC(=O)N1CCCC(Cc2ncc(C)n2C(C)C)C1. The van der Waals surface area contributed by atoms with Gasteiger partial charge in [-0.15, -0.1) is 0 Å². The summed E-state index contributed by atoms with van der Waals surface area (Å²) in [6.07, 6.45) is 6.18. The van der Waals surface area contributed by atoms with Crippen LogP contribution in [-0.2, 0) is 6.42 Å². The van der Waals surface area contributed by atoms with Crippen LogP contribution in [0, 0.1) is 12.8 Å². The van der Waals surface area contributed by atoms with Crippen LogP contribution in [0.1, 0.15) is 57.6 Å². The Labute approximate surface area is 134 Å². The minimum atomic E-state index is 0.0925. The first-order chi connectivity index (χ1) is 10.5. The lowest BCUT2D eigenvalue weighted by Crippen LogP contribution is -2.46. The topological polar surface area (TPSA) is 50.2 Å². The third-order valence-corrected chi connectivity index (χ3v) is 4.38. The second-order valence-corrected chi connectivity index (χ2v) is 6.67. The fraction of sp³-hybridized carbons (Fsp3) is 0.765. The molecular formula is C17H30N4O. The number of hydrogen-bond donors (Lipinski definition) is 1. The molecule has 0 aromatic carbocycles. The molecule has 1 aliphatic heterocycles. The van der Waals surface area contributed by atoms with E-state index in [1.54, 1.807) is 0 Å². The highest BCUT2D eigenvalue weighted by Gasteiger charge is 2.25. The molecule has 22 heavy (non-hydrogen) atoms. The highest BCUT2D eigenvalue weighted by molar-refractivity contribution is 5.74. The molecule has 0 saturated carbocycles. The number of imidazole rings is 1. The molecule has 1 aromatic heterocycles. The van der Waals surface area contributed by atoms with E-state index in [0.717, 1.165) is 44.7 Å². The molecule has 1 saturated heterocycles. The number of likely N-dealkylation sites (tertiary alicyclic amines) is 1. The van der Waals surface area contributed by atoms with Crippen LogP contribution in [0.15, 0.2) is 6.20 Å². The van der Waals surface area contributed by atoms with Crippen molar-refractivity contribution in [2.75, 3.05) is 19.6 Å². The summed E-state index contributed by atoms with van der Waals surface area (Å²) < 4.78 is 2.32. The number of hydrogen-bond acceptors (Lipinski definition) is 2. The molecule has 0 aliphatic carbocycles. The van der Waals surface area contributed by atoms with Crippen molar-refractivity contribution >= 4 is 6.03 Å². The van der Waals surface area contributed by atoms with Crippen LogP contribution in [-0.4, -0.2) is 40.1 Å². The molecule has 1 N–H and O–H groups in total. The smallest absolute Gasteiger partial charge is 0.317 e.